The average Bonchev–Trinajstić information content (AvgIpc) is 2.59. The van der Waals surface area contributed by atoms with Crippen LogP contribution in [0.3, 0.4) is 0 Å². The molecule has 1 heterocycles. The van der Waals surface area contributed by atoms with Crippen molar-refractivity contribution < 1.29 is 4.74 Å². The van der Waals surface area contributed by atoms with E-state index in [2.05, 4.69) is 28.9 Å². The molecule has 0 spiro atoms. The van der Waals surface area contributed by atoms with Gasteiger partial charge in [-0.15, -0.1) is 0 Å². The molecule has 0 radical (unpaired) electrons. The summed E-state index contributed by atoms with van der Waals surface area (Å²) in [6.45, 7) is 3.65. The van der Waals surface area contributed by atoms with Gasteiger partial charge in [0, 0.05) is 16.0 Å². The van der Waals surface area contributed by atoms with Crippen LogP contribution in [0.5, 0.6) is 5.75 Å². The maximum Gasteiger partial charge on any atom is 0.123 e. The minimum atomic E-state index is 0.451. The minimum absolute atomic E-state index is 0.451. The zero-order valence-corrected chi connectivity index (χ0v) is 9.75. The van der Waals surface area contributed by atoms with Crippen molar-refractivity contribution in [2.45, 2.75) is 12.8 Å². The number of benzene rings is 1. The van der Waals surface area contributed by atoms with Crippen molar-refractivity contribution in [3.05, 3.63) is 28.2 Å². The molecule has 1 aromatic carbocycles. The van der Waals surface area contributed by atoms with E-state index in [0.717, 1.165) is 16.8 Å². The molecule has 1 aliphatic rings. The first-order valence-electron chi connectivity index (χ1n) is 4.84. The summed E-state index contributed by atoms with van der Waals surface area (Å²) in [7, 11) is 0. The second kappa shape index (κ2) is 3.91. The van der Waals surface area contributed by atoms with Crippen LogP contribution in [0.2, 0.25) is 0 Å². The lowest BCUT2D eigenvalue weighted by Gasteiger charge is -2.15. The molecule has 3 heteroatoms. The Hall–Kier alpha value is -0.540. The highest BCUT2D eigenvalue weighted by Crippen LogP contribution is 2.39. The van der Waals surface area contributed by atoms with E-state index >= 15 is 0 Å². The molecule has 1 aliphatic heterocycles. The van der Waals surface area contributed by atoms with Gasteiger partial charge in [-0.2, -0.15) is 0 Å². The van der Waals surface area contributed by atoms with E-state index in [1.807, 2.05) is 12.1 Å². The lowest BCUT2D eigenvalue weighted by molar-refractivity contribution is 0.299. The van der Waals surface area contributed by atoms with Crippen LogP contribution in [-0.2, 0) is 0 Å². The summed E-state index contributed by atoms with van der Waals surface area (Å²) < 4.78 is 6.72. The Labute approximate surface area is 92.6 Å². The molecule has 2 rings (SSSR count). The molecular formula is C11H14BrNO. The molecule has 2 N–H and O–H groups in total. The number of fused-ring (bicyclic) bond motifs is 1. The monoisotopic (exact) mass is 255 g/mol. The maximum atomic E-state index is 5.68. The summed E-state index contributed by atoms with van der Waals surface area (Å²) >= 11 is 3.48. The highest BCUT2D eigenvalue weighted by molar-refractivity contribution is 9.10. The van der Waals surface area contributed by atoms with Crippen LogP contribution >= 0.6 is 15.9 Å². The molecule has 0 saturated heterocycles. The van der Waals surface area contributed by atoms with Crippen molar-refractivity contribution in [3.63, 3.8) is 0 Å². The molecule has 2 atom stereocenters. The standard InChI is InChI=1S/C11H14BrNO/c1-7(5-13)10-6-14-11-3-2-8(12)4-9(10)11/h2-4,7,10H,5-6,13H2,1H3. The van der Waals surface area contributed by atoms with E-state index in [4.69, 9.17) is 10.5 Å². The van der Waals surface area contributed by atoms with E-state index in [1.165, 1.54) is 5.56 Å². The van der Waals surface area contributed by atoms with Crippen molar-refractivity contribution in [3.8, 4) is 5.75 Å². The normalized spacial score (nSPS) is 21.5. The molecule has 0 bridgehead atoms. The van der Waals surface area contributed by atoms with E-state index in [1.54, 1.807) is 0 Å². The van der Waals surface area contributed by atoms with Gasteiger partial charge in [0.25, 0.3) is 0 Å². The first-order chi connectivity index (χ1) is 6.72. The summed E-state index contributed by atoms with van der Waals surface area (Å²) in [6.07, 6.45) is 0. The molecule has 0 amide bonds. The van der Waals surface area contributed by atoms with Gasteiger partial charge < -0.3 is 10.5 Å². The van der Waals surface area contributed by atoms with E-state index in [-0.39, 0.29) is 0 Å². The molecule has 2 unspecified atom stereocenters. The fourth-order valence-corrected chi connectivity index (χ4v) is 2.22. The van der Waals surface area contributed by atoms with Crippen molar-refractivity contribution in [1.29, 1.82) is 0 Å². The third kappa shape index (κ3) is 1.66. The predicted molar refractivity (Wildman–Crippen MR) is 60.6 cm³/mol. The minimum Gasteiger partial charge on any atom is -0.493 e. The number of rotatable bonds is 2. The van der Waals surface area contributed by atoms with E-state index < -0.39 is 0 Å². The zero-order chi connectivity index (χ0) is 10.1. The Balaban J connectivity index is 2.33. The van der Waals surface area contributed by atoms with Gasteiger partial charge in [-0.25, -0.2) is 0 Å². The molecule has 0 saturated carbocycles. The van der Waals surface area contributed by atoms with Gasteiger partial charge in [0.1, 0.15) is 5.75 Å². The fourth-order valence-electron chi connectivity index (χ4n) is 1.84. The number of hydrogen-bond acceptors (Lipinski definition) is 2. The van der Waals surface area contributed by atoms with Crippen LogP contribution in [-0.4, -0.2) is 13.2 Å². The summed E-state index contributed by atoms with van der Waals surface area (Å²) in [6, 6.07) is 6.16. The van der Waals surface area contributed by atoms with Crippen LogP contribution in [0.25, 0.3) is 0 Å². The van der Waals surface area contributed by atoms with E-state index in [0.29, 0.717) is 18.4 Å². The van der Waals surface area contributed by atoms with Crippen molar-refractivity contribution in [2.24, 2.45) is 11.7 Å². The molecule has 0 fully saturated rings. The Kier molecular flexibility index (Phi) is 2.79. The van der Waals surface area contributed by atoms with E-state index in [9.17, 15) is 0 Å². The SMILES string of the molecule is CC(CN)C1COc2ccc(Br)cc21. The lowest BCUT2D eigenvalue weighted by atomic mass is 9.89. The molecule has 14 heavy (non-hydrogen) atoms. The summed E-state index contributed by atoms with van der Waals surface area (Å²) in [4.78, 5) is 0. The highest BCUT2D eigenvalue weighted by atomic mass is 79.9. The van der Waals surface area contributed by atoms with Crippen LogP contribution < -0.4 is 10.5 Å². The van der Waals surface area contributed by atoms with Crippen LogP contribution in [0.15, 0.2) is 22.7 Å². The van der Waals surface area contributed by atoms with Crippen LogP contribution in [0.4, 0.5) is 0 Å². The Morgan fingerprint density at radius 1 is 1.64 bits per heavy atom. The highest BCUT2D eigenvalue weighted by Gasteiger charge is 2.28. The number of hydrogen-bond donors (Lipinski definition) is 1. The first-order valence-corrected chi connectivity index (χ1v) is 5.64. The molecule has 0 aromatic heterocycles. The van der Waals surface area contributed by atoms with Gasteiger partial charge >= 0.3 is 0 Å². The molecule has 0 aliphatic carbocycles. The Morgan fingerprint density at radius 3 is 3.14 bits per heavy atom. The number of ether oxygens (including phenoxy) is 1. The summed E-state index contributed by atoms with van der Waals surface area (Å²) in [5, 5.41) is 0. The maximum absolute atomic E-state index is 5.68. The Morgan fingerprint density at radius 2 is 2.43 bits per heavy atom. The van der Waals surface area contributed by atoms with Gasteiger partial charge in [0.2, 0.25) is 0 Å². The van der Waals surface area contributed by atoms with Crippen molar-refractivity contribution in [2.75, 3.05) is 13.2 Å². The van der Waals surface area contributed by atoms with Crippen molar-refractivity contribution >= 4 is 15.9 Å². The largest absolute Gasteiger partial charge is 0.493 e. The Bertz CT molecular complexity index is 340. The summed E-state index contributed by atoms with van der Waals surface area (Å²) in [5.41, 5.74) is 6.97. The van der Waals surface area contributed by atoms with Gasteiger partial charge in [-0.05, 0) is 30.7 Å². The smallest absolute Gasteiger partial charge is 0.123 e. The summed E-state index contributed by atoms with van der Waals surface area (Å²) in [5.74, 6) is 1.94. The quantitative estimate of drug-likeness (QED) is 0.882. The number of nitrogens with two attached hydrogens (primary N) is 1. The second-order valence-electron chi connectivity index (χ2n) is 3.81. The lowest BCUT2D eigenvalue weighted by Crippen LogP contribution is -2.20. The predicted octanol–water partition coefficient (Wildman–Crippen LogP) is 2.52. The second-order valence-corrected chi connectivity index (χ2v) is 4.73. The first kappa shape index (κ1) is 9.99. The van der Waals surface area contributed by atoms with Gasteiger partial charge in [0.15, 0.2) is 0 Å². The van der Waals surface area contributed by atoms with Crippen LogP contribution in [0.1, 0.15) is 18.4 Å². The van der Waals surface area contributed by atoms with Gasteiger partial charge in [0.05, 0.1) is 6.61 Å². The molecule has 76 valence electrons. The molecule has 2 nitrogen and oxygen atoms in total. The third-order valence-electron chi connectivity index (χ3n) is 2.85. The fraction of sp³-hybridized carbons (Fsp3) is 0.455. The van der Waals surface area contributed by atoms with Gasteiger partial charge in [-0.3, -0.25) is 0 Å². The zero-order valence-electron chi connectivity index (χ0n) is 8.16. The topological polar surface area (TPSA) is 35.2 Å². The van der Waals surface area contributed by atoms with Gasteiger partial charge in [-0.1, -0.05) is 22.9 Å². The average molecular weight is 256 g/mol. The third-order valence-corrected chi connectivity index (χ3v) is 3.34. The van der Waals surface area contributed by atoms with Crippen LogP contribution in [0, 0.1) is 5.92 Å². The molecular weight excluding hydrogens is 242 g/mol. The molecule has 1 aromatic rings. The number of halogens is 1. The van der Waals surface area contributed by atoms with Crippen molar-refractivity contribution in [1.82, 2.24) is 0 Å².